The summed E-state index contributed by atoms with van der Waals surface area (Å²) in [5.41, 5.74) is 0.246. The minimum Gasteiger partial charge on any atom is -0.492 e. The Morgan fingerprint density at radius 1 is 1.17 bits per heavy atom. The van der Waals surface area contributed by atoms with Crippen LogP contribution in [0.15, 0.2) is 42.5 Å². The molecule has 2 heterocycles. The van der Waals surface area contributed by atoms with Crippen LogP contribution in [0.5, 0.6) is 5.75 Å². The van der Waals surface area contributed by atoms with E-state index in [-0.39, 0.29) is 31.0 Å². The molecule has 10 heteroatoms. The molecule has 0 aromatic heterocycles. The molecule has 7 nitrogen and oxygen atoms in total. The highest BCUT2D eigenvalue weighted by molar-refractivity contribution is 6.01. The third-order valence-corrected chi connectivity index (χ3v) is 6.18. The monoisotopic (exact) mass is 491 g/mol. The summed E-state index contributed by atoms with van der Waals surface area (Å²) >= 11 is 0. The van der Waals surface area contributed by atoms with Gasteiger partial charge in [0.05, 0.1) is 37.0 Å². The van der Waals surface area contributed by atoms with Crippen LogP contribution in [0.25, 0.3) is 0 Å². The molecule has 2 aromatic carbocycles. The lowest BCUT2D eigenvalue weighted by Crippen LogP contribution is -2.36. The molecule has 2 saturated heterocycles. The van der Waals surface area contributed by atoms with Gasteiger partial charge in [-0.25, -0.2) is 0 Å². The largest absolute Gasteiger partial charge is 0.492 e. The van der Waals surface area contributed by atoms with Gasteiger partial charge in [0.15, 0.2) is 0 Å². The number of ether oxygens (including phenoxy) is 2. The summed E-state index contributed by atoms with van der Waals surface area (Å²) < 4.78 is 52.2. The number of carbonyl (C=O) groups is 2. The number of para-hydroxylation sites is 2. The Balaban J connectivity index is 1.44. The zero-order valence-corrected chi connectivity index (χ0v) is 19.4. The van der Waals surface area contributed by atoms with Gasteiger partial charge in [0, 0.05) is 38.3 Å². The zero-order chi connectivity index (χ0) is 25.0. The van der Waals surface area contributed by atoms with Gasteiger partial charge in [-0.15, -0.1) is 0 Å². The number of carbonyl (C=O) groups excluding carboxylic acids is 2. The van der Waals surface area contributed by atoms with E-state index in [9.17, 15) is 22.8 Å². The van der Waals surface area contributed by atoms with Gasteiger partial charge in [-0.05, 0) is 36.8 Å². The maximum absolute atomic E-state index is 13.8. The van der Waals surface area contributed by atoms with E-state index < -0.39 is 23.6 Å². The van der Waals surface area contributed by atoms with E-state index in [4.69, 9.17) is 9.47 Å². The Bertz CT molecular complexity index is 1070. The molecule has 2 fully saturated rings. The van der Waals surface area contributed by atoms with Gasteiger partial charge in [-0.1, -0.05) is 18.2 Å². The average Bonchev–Trinajstić information content (AvgIpc) is 3.24. The fourth-order valence-electron chi connectivity index (χ4n) is 4.40. The molecule has 1 unspecified atom stereocenters. The number of hydrogen-bond acceptors (Lipinski definition) is 5. The molecule has 2 amide bonds. The molecule has 2 aliphatic heterocycles. The van der Waals surface area contributed by atoms with Crippen LogP contribution in [0.3, 0.4) is 0 Å². The van der Waals surface area contributed by atoms with E-state index >= 15 is 0 Å². The summed E-state index contributed by atoms with van der Waals surface area (Å²) in [7, 11) is 0. The van der Waals surface area contributed by atoms with Gasteiger partial charge in [-0.2, -0.15) is 13.2 Å². The van der Waals surface area contributed by atoms with Crippen LogP contribution in [0, 0.1) is 5.92 Å². The van der Waals surface area contributed by atoms with E-state index in [1.165, 1.54) is 11.0 Å². The van der Waals surface area contributed by atoms with Crippen molar-refractivity contribution in [1.82, 2.24) is 5.32 Å². The zero-order valence-electron chi connectivity index (χ0n) is 19.4. The van der Waals surface area contributed by atoms with Crippen molar-refractivity contribution in [2.75, 3.05) is 49.3 Å². The van der Waals surface area contributed by atoms with E-state index in [0.717, 1.165) is 6.07 Å². The van der Waals surface area contributed by atoms with Crippen molar-refractivity contribution >= 4 is 23.2 Å². The number of morpholine rings is 1. The summed E-state index contributed by atoms with van der Waals surface area (Å²) in [5.74, 6) is -0.818. The number of nitrogens with zero attached hydrogens (tertiary/aromatic N) is 2. The molecule has 2 aromatic rings. The number of benzene rings is 2. The third kappa shape index (κ3) is 5.70. The predicted molar refractivity (Wildman–Crippen MR) is 124 cm³/mol. The van der Waals surface area contributed by atoms with E-state index in [1.807, 2.05) is 11.8 Å². The maximum Gasteiger partial charge on any atom is 0.416 e. The van der Waals surface area contributed by atoms with Crippen LogP contribution in [0.2, 0.25) is 0 Å². The lowest BCUT2D eigenvalue weighted by molar-refractivity contribution is -0.138. The average molecular weight is 492 g/mol. The number of anilines is 2. The lowest BCUT2D eigenvalue weighted by Gasteiger charge is -2.29. The maximum atomic E-state index is 13.8. The second-order valence-electron chi connectivity index (χ2n) is 8.46. The SMILES string of the molecule is CCOc1ccccc1N1CC(C(=O)NCc2ccc(N3CCOCC3)cc2C(F)(F)F)CC1=O. The lowest BCUT2D eigenvalue weighted by atomic mass is 10.0. The molecule has 0 bridgehead atoms. The number of amides is 2. The van der Waals surface area contributed by atoms with Gasteiger partial charge in [-0.3, -0.25) is 9.59 Å². The van der Waals surface area contributed by atoms with Gasteiger partial charge >= 0.3 is 6.18 Å². The van der Waals surface area contributed by atoms with Crippen molar-refractivity contribution in [3.8, 4) is 5.75 Å². The first-order valence-electron chi connectivity index (χ1n) is 11.6. The first-order valence-corrected chi connectivity index (χ1v) is 11.6. The van der Waals surface area contributed by atoms with Crippen molar-refractivity contribution in [2.45, 2.75) is 26.1 Å². The van der Waals surface area contributed by atoms with Crippen molar-refractivity contribution < 1.29 is 32.2 Å². The number of nitrogens with one attached hydrogen (secondary N) is 1. The molecular weight excluding hydrogens is 463 g/mol. The Kier molecular flexibility index (Phi) is 7.49. The van der Waals surface area contributed by atoms with Crippen molar-refractivity contribution in [2.24, 2.45) is 5.92 Å². The smallest absolute Gasteiger partial charge is 0.416 e. The highest BCUT2D eigenvalue weighted by Crippen LogP contribution is 2.36. The Morgan fingerprint density at radius 3 is 2.63 bits per heavy atom. The number of rotatable bonds is 7. The van der Waals surface area contributed by atoms with Crippen LogP contribution in [0.1, 0.15) is 24.5 Å². The van der Waals surface area contributed by atoms with Crippen molar-refractivity contribution in [3.05, 3.63) is 53.6 Å². The quantitative estimate of drug-likeness (QED) is 0.641. The number of halogens is 3. The molecule has 35 heavy (non-hydrogen) atoms. The molecule has 0 saturated carbocycles. The second kappa shape index (κ2) is 10.6. The molecule has 2 aliphatic rings. The van der Waals surface area contributed by atoms with E-state index in [0.29, 0.717) is 50.0 Å². The topological polar surface area (TPSA) is 71.1 Å². The number of alkyl halides is 3. The summed E-state index contributed by atoms with van der Waals surface area (Å²) in [6.07, 6.45) is -4.58. The number of hydrogen-bond donors (Lipinski definition) is 1. The van der Waals surface area contributed by atoms with E-state index in [1.54, 1.807) is 30.3 Å². The van der Waals surface area contributed by atoms with Crippen LogP contribution >= 0.6 is 0 Å². The van der Waals surface area contributed by atoms with Gasteiger partial charge in [0.25, 0.3) is 0 Å². The molecule has 0 radical (unpaired) electrons. The van der Waals surface area contributed by atoms with Crippen LogP contribution in [-0.4, -0.2) is 51.3 Å². The molecule has 1 N–H and O–H groups in total. The van der Waals surface area contributed by atoms with Crippen LogP contribution in [0.4, 0.5) is 24.5 Å². The third-order valence-electron chi connectivity index (χ3n) is 6.18. The van der Waals surface area contributed by atoms with Gasteiger partial charge < -0.3 is 24.6 Å². The fourth-order valence-corrected chi connectivity index (χ4v) is 4.40. The first-order chi connectivity index (χ1) is 16.8. The minimum atomic E-state index is -4.56. The Morgan fingerprint density at radius 2 is 1.91 bits per heavy atom. The minimum absolute atomic E-state index is 0.0195. The Hall–Kier alpha value is -3.27. The van der Waals surface area contributed by atoms with E-state index in [2.05, 4.69) is 5.32 Å². The summed E-state index contributed by atoms with van der Waals surface area (Å²) in [4.78, 5) is 28.8. The van der Waals surface area contributed by atoms with Gasteiger partial charge in [0.2, 0.25) is 11.8 Å². The summed E-state index contributed by atoms with van der Waals surface area (Å²) in [6.45, 7) is 4.08. The van der Waals surface area contributed by atoms with Gasteiger partial charge in [0.1, 0.15) is 5.75 Å². The molecule has 4 rings (SSSR count). The first kappa shape index (κ1) is 24.8. The summed E-state index contributed by atoms with van der Waals surface area (Å²) in [6, 6.07) is 11.2. The molecule has 0 spiro atoms. The Labute approximate surface area is 201 Å². The molecule has 188 valence electrons. The van der Waals surface area contributed by atoms with Crippen LogP contribution < -0.4 is 19.9 Å². The second-order valence-corrected chi connectivity index (χ2v) is 8.46. The van der Waals surface area contributed by atoms with Crippen molar-refractivity contribution in [1.29, 1.82) is 0 Å². The molecular formula is C25H28F3N3O4. The predicted octanol–water partition coefficient (Wildman–Crippen LogP) is 3.61. The molecule has 1 atom stereocenters. The highest BCUT2D eigenvalue weighted by atomic mass is 19.4. The van der Waals surface area contributed by atoms with Crippen LogP contribution in [-0.2, 0) is 27.0 Å². The van der Waals surface area contributed by atoms with Crippen molar-refractivity contribution in [3.63, 3.8) is 0 Å². The standard InChI is InChI=1S/C25H28F3N3O4/c1-2-35-22-6-4-3-5-21(22)31-16-18(13-23(31)32)24(33)29-15-17-7-8-19(14-20(17)25(26,27)28)30-9-11-34-12-10-30/h3-8,14,18H,2,9-13,15-16H2,1H3,(H,29,33). The normalized spacial score (nSPS) is 18.6. The molecule has 0 aliphatic carbocycles. The fraction of sp³-hybridized carbons (Fsp3) is 0.440. The summed E-state index contributed by atoms with van der Waals surface area (Å²) in [5, 5.41) is 2.60. The highest BCUT2D eigenvalue weighted by Gasteiger charge is 2.37.